The highest BCUT2D eigenvalue weighted by Crippen LogP contribution is 2.42. The number of hydrogen-bond donors (Lipinski definition) is 1. The fourth-order valence-corrected chi connectivity index (χ4v) is 2.08. The zero-order valence-electron chi connectivity index (χ0n) is 9.95. The average molecular weight is 207 g/mol. The third-order valence-electron chi connectivity index (χ3n) is 3.01. The summed E-state index contributed by atoms with van der Waals surface area (Å²) in [6.07, 6.45) is 5.87. The Hall–Kier alpha value is -0.830. The molecule has 3 nitrogen and oxygen atoms in total. The minimum Gasteiger partial charge on any atom is -0.319 e. The molecule has 0 bridgehead atoms. The van der Waals surface area contributed by atoms with E-state index < -0.39 is 0 Å². The number of hydrogen-bond acceptors (Lipinski definition) is 2. The lowest BCUT2D eigenvalue weighted by molar-refractivity contribution is 0.508. The summed E-state index contributed by atoms with van der Waals surface area (Å²) in [6.45, 7) is 5.46. The minimum absolute atomic E-state index is 0.490. The molecule has 0 saturated heterocycles. The highest BCUT2D eigenvalue weighted by atomic mass is 15.3. The molecule has 1 saturated carbocycles. The average Bonchev–Trinajstić information content (AvgIpc) is 2.95. The summed E-state index contributed by atoms with van der Waals surface area (Å²) in [6, 6.07) is 0.490. The molecule has 1 N–H and O–H groups in total. The molecule has 1 aliphatic carbocycles. The largest absolute Gasteiger partial charge is 0.319 e. The van der Waals surface area contributed by atoms with Crippen LogP contribution in [0.1, 0.15) is 49.9 Å². The maximum atomic E-state index is 4.52. The van der Waals surface area contributed by atoms with Crippen LogP contribution >= 0.6 is 0 Å². The molecule has 0 radical (unpaired) electrons. The molecule has 3 heteroatoms. The zero-order valence-corrected chi connectivity index (χ0v) is 9.95. The van der Waals surface area contributed by atoms with Gasteiger partial charge in [-0.1, -0.05) is 0 Å². The van der Waals surface area contributed by atoms with Crippen LogP contribution < -0.4 is 5.32 Å². The van der Waals surface area contributed by atoms with Crippen molar-refractivity contribution in [3.8, 4) is 0 Å². The molecule has 0 atom stereocenters. The summed E-state index contributed by atoms with van der Waals surface area (Å²) < 4.78 is 2.21. The van der Waals surface area contributed by atoms with E-state index in [4.69, 9.17) is 0 Å². The van der Waals surface area contributed by atoms with Crippen molar-refractivity contribution in [1.82, 2.24) is 15.1 Å². The first-order valence-corrected chi connectivity index (χ1v) is 5.95. The predicted octanol–water partition coefficient (Wildman–Crippen LogP) is 2.10. The first kappa shape index (κ1) is 10.7. The van der Waals surface area contributed by atoms with Gasteiger partial charge in [0.1, 0.15) is 0 Å². The van der Waals surface area contributed by atoms with Crippen LogP contribution in [-0.4, -0.2) is 23.4 Å². The zero-order chi connectivity index (χ0) is 10.8. The third kappa shape index (κ3) is 2.23. The van der Waals surface area contributed by atoms with Gasteiger partial charge >= 0.3 is 0 Å². The van der Waals surface area contributed by atoms with Gasteiger partial charge in [0.15, 0.2) is 0 Å². The second kappa shape index (κ2) is 4.35. The van der Waals surface area contributed by atoms with Gasteiger partial charge in [-0.15, -0.1) is 0 Å². The van der Waals surface area contributed by atoms with E-state index in [1.807, 2.05) is 7.05 Å². The Morgan fingerprint density at radius 3 is 2.80 bits per heavy atom. The van der Waals surface area contributed by atoms with Gasteiger partial charge in [-0.2, -0.15) is 5.10 Å². The molecule has 0 spiro atoms. The summed E-state index contributed by atoms with van der Waals surface area (Å²) >= 11 is 0. The van der Waals surface area contributed by atoms with Crippen LogP contribution in [0.3, 0.4) is 0 Å². The summed E-state index contributed by atoms with van der Waals surface area (Å²) in [5, 5.41) is 7.72. The summed E-state index contributed by atoms with van der Waals surface area (Å²) in [5.74, 6) is 0.793. The third-order valence-corrected chi connectivity index (χ3v) is 3.01. The molecule has 1 fully saturated rings. The topological polar surface area (TPSA) is 29.9 Å². The molecule has 1 aromatic heterocycles. The van der Waals surface area contributed by atoms with Crippen LogP contribution in [0.15, 0.2) is 6.20 Å². The van der Waals surface area contributed by atoms with Crippen LogP contribution in [0.2, 0.25) is 0 Å². The van der Waals surface area contributed by atoms with E-state index in [1.165, 1.54) is 24.1 Å². The monoisotopic (exact) mass is 207 g/mol. The maximum Gasteiger partial charge on any atom is 0.0525 e. The maximum absolute atomic E-state index is 4.52. The second-order valence-electron chi connectivity index (χ2n) is 4.72. The highest BCUT2D eigenvalue weighted by molar-refractivity contribution is 5.26. The van der Waals surface area contributed by atoms with Crippen LogP contribution in [0.25, 0.3) is 0 Å². The van der Waals surface area contributed by atoms with Gasteiger partial charge < -0.3 is 5.32 Å². The quantitative estimate of drug-likeness (QED) is 0.801. The first-order chi connectivity index (χ1) is 7.24. The van der Waals surface area contributed by atoms with Gasteiger partial charge in [-0.25, -0.2) is 0 Å². The highest BCUT2D eigenvalue weighted by Gasteiger charge is 2.30. The molecule has 15 heavy (non-hydrogen) atoms. The Kier molecular flexibility index (Phi) is 3.10. The second-order valence-corrected chi connectivity index (χ2v) is 4.72. The lowest BCUT2D eigenvalue weighted by Crippen LogP contribution is -2.12. The SMILES string of the molecule is CNCCc1cnn(C(C)C)c1C1CC1. The Morgan fingerprint density at radius 1 is 1.53 bits per heavy atom. The van der Waals surface area contributed by atoms with Crippen molar-refractivity contribution in [1.29, 1.82) is 0 Å². The molecule has 0 unspecified atom stereocenters. The van der Waals surface area contributed by atoms with Gasteiger partial charge in [0.05, 0.1) is 6.20 Å². The van der Waals surface area contributed by atoms with E-state index in [0.717, 1.165) is 18.9 Å². The van der Waals surface area contributed by atoms with Crippen molar-refractivity contribution < 1.29 is 0 Å². The van der Waals surface area contributed by atoms with Crippen molar-refractivity contribution in [3.05, 3.63) is 17.5 Å². The number of nitrogens with one attached hydrogen (secondary N) is 1. The standard InChI is InChI=1S/C12H21N3/c1-9(2)15-12(10-4-5-10)11(8-14-15)6-7-13-3/h8-10,13H,4-7H2,1-3H3. The Labute approximate surface area is 91.9 Å². The van der Waals surface area contributed by atoms with E-state index >= 15 is 0 Å². The summed E-state index contributed by atoms with van der Waals surface area (Å²) in [7, 11) is 2.00. The van der Waals surface area contributed by atoms with Crippen molar-refractivity contribution in [2.75, 3.05) is 13.6 Å². The summed E-state index contributed by atoms with van der Waals surface area (Å²) in [5.41, 5.74) is 2.95. The smallest absolute Gasteiger partial charge is 0.0525 e. The van der Waals surface area contributed by atoms with Crippen molar-refractivity contribution >= 4 is 0 Å². The number of aromatic nitrogens is 2. The van der Waals surface area contributed by atoms with E-state index in [0.29, 0.717) is 6.04 Å². The van der Waals surface area contributed by atoms with Gasteiger partial charge in [-0.05, 0) is 52.3 Å². The Morgan fingerprint density at radius 2 is 2.27 bits per heavy atom. The number of likely N-dealkylation sites (N-methyl/N-ethyl adjacent to an activating group) is 1. The molecule has 1 aliphatic rings. The van der Waals surface area contributed by atoms with Gasteiger partial charge in [0, 0.05) is 17.7 Å². The number of nitrogens with zero attached hydrogens (tertiary/aromatic N) is 2. The molecule has 0 amide bonds. The molecule has 1 heterocycles. The van der Waals surface area contributed by atoms with E-state index in [-0.39, 0.29) is 0 Å². The van der Waals surface area contributed by atoms with Crippen LogP contribution in [0, 0.1) is 0 Å². The fourth-order valence-electron chi connectivity index (χ4n) is 2.08. The van der Waals surface area contributed by atoms with E-state index in [9.17, 15) is 0 Å². The van der Waals surface area contributed by atoms with Crippen LogP contribution in [0.5, 0.6) is 0 Å². The Balaban J connectivity index is 2.21. The molecule has 1 aromatic rings. The molecular formula is C12H21N3. The van der Waals surface area contributed by atoms with Crippen LogP contribution in [0.4, 0.5) is 0 Å². The first-order valence-electron chi connectivity index (χ1n) is 5.95. The van der Waals surface area contributed by atoms with Crippen molar-refractivity contribution in [2.45, 2.75) is 45.1 Å². The molecular weight excluding hydrogens is 186 g/mol. The lowest BCUT2D eigenvalue weighted by Gasteiger charge is -2.12. The minimum atomic E-state index is 0.490. The van der Waals surface area contributed by atoms with Crippen molar-refractivity contribution in [3.63, 3.8) is 0 Å². The molecule has 0 aliphatic heterocycles. The fraction of sp³-hybridized carbons (Fsp3) is 0.750. The normalized spacial score (nSPS) is 16.3. The molecule has 2 rings (SSSR count). The Bertz CT molecular complexity index is 324. The number of rotatable bonds is 5. The van der Waals surface area contributed by atoms with Crippen molar-refractivity contribution in [2.24, 2.45) is 0 Å². The van der Waals surface area contributed by atoms with E-state index in [1.54, 1.807) is 0 Å². The molecule has 84 valence electrons. The van der Waals surface area contributed by atoms with Gasteiger partial charge in [-0.3, -0.25) is 4.68 Å². The van der Waals surface area contributed by atoms with Gasteiger partial charge in [0.25, 0.3) is 0 Å². The van der Waals surface area contributed by atoms with Gasteiger partial charge in [0.2, 0.25) is 0 Å². The molecule has 0 aromatic carbocycles. The van der Waals surface area contributed by atoms with E-state index in [2.05, 4.69) is 35.1 Å². The summed E-state index contributed by atoms with van der Waals surface area (Å²) in [4.78, 5) is 0. The predicted molar refractivity (Wildman–Crippen MR) is 62.2 cm³/mol. The lowest BCUT2D eigenvalue weighted by atomic mass is 10.1. The van der Waals surface area contributed by atoms with Crippen LogP contribution in [-0.2, 0) is 6.42 Å².